The van der Waals surface area contributed by atoms with Gasteiger partial charge in [0.2, 0.25) is 0 Å². The van der Waals surface area contributed by atoms with Crippen molar-refractivity contribution in [1.82, 2.24) is 14.9 Å². The van der Waals surface area contributed by atoms with Gasteiger partial charge in [-0.3, -0.25) is 0 Å². The number of nitrogens with zero attached hydrogens (tertiary/aromatic N) is 2. The van der Waals surface area contributed by atoms with Crippen LogP contribution in [-0.4, -0.2) is 29.3 Å². The highest BCUT2D eigenvalue weighted by atomic mass is 16.5. The summed E-state index contributed by atoms with van der Waals surface area (Å²) < 4.78 is 13.4. The molecule has 0 saturated carbocycles. The second-order valence-corrected chi connectivity index (χ2v) is 5.64. The van der Waals surface area contributed by atoms with Crippen molar-refractivity contribution in [3.63, 3.8) is 0 Å². The molecule has 5 heteroatoms. The van der Waals surface area contributed by atoms with E-state index >= 15 is 0 Å². The second kappa shape index (κ2) is 9.20. The smallest absolute Gasteiger partial charge is 0.161 e. The maximum Gasteiger partial charge on any atom is 0.161 e. The van der Waals surface area contributed by atoms with Crippen LogP contribution in [0.3, 0.4) is 0 Å². The molecule has 126 valence electrons. The molecule has 0 spiro atoms. The molecular formula is C18H27N3O2. The number of hydrogen-bond acceptors (Lipinski definition) is 4. The van der Waals surface area contributed by atoms with Gasteiger partial charge < -0.3 is 19.4 Å². The molecule has 2 rings (SSSR count). The highest BCUT2D eigenvalue weighted by Gasteiger charge is 2.07. The van der Waals surface area contributed by atoms with Crippen molar-refractivity contribution in [2.75, 3.05) is 19.8 Å². The van der Waals surface area contributed by atoms with Crippen molar-refractivity contribution in [2.45, 2.75) is 33.9 Å². The largest absolute Gasteiger partial charge is 0.490 e. The Balaban J connectivity index is 1.83. The van der Waals surface area contributed by atoms with Crippen LogP contribution in [-0.2, 0) is 13.1 Å². The van der Waals surface area contributed by atoms with E-state index in [-0.39, 0.29) is 0 Å². The van der Waals surface area contributed by atoms with Crippen LogP contribution in [0.1, 0.15) is 26.3 Å². The third-order valence-corrected chi connectivity index (χ3v) is 3.51. The molecule has 1 unspecified atom stereocenters. The number of hydrogen-bond donors (Lipinski definition) is 1. The predicted octanol–water partition coefficient (Wildman–Crippen LogP) is 3.11. The zero-order chi connectivity index (χ0) is 16.5. The number of imidazole rings is 1. The molecular weight excluding hydrogens is 290 g/mol. The van der Waals surface area contributed by atoms with Crippen LogP contribution in [0.4, 0.5) is 0 Å². The lowest BCUT2D eigenvalue weighted by Crippen LogP contribution is -2.23. The molecule has 0 radical (unpaired) electrons. The van der Waals surface area contributed by atoms with E-state index in [1.807, 2.05) is 38.6 Å². The fraction of sp³-hybridized carbons (Fsp3) is 0.500. The Hall–Kier alpha value is -2.01. The summed E-state index contributed by atoms with van der Waals surface area (Å²) in [5, 5.41) is 3.50. The van der Waals surface area contributed by atoms with Crippen molar-refractivity contribution >= 4 is 0 Å². The summed E-state index contributed by atoms with van der Waals surface area (Å²) in [6.45, 7) is 10.2. The molecule has 0 fully saturated rings. The molecule has 1 heterocycles. The minimum absolute atomic E-state index is 0.540. The van der Waals surface area contributed by atoms with E-state index < -0.39 is 0 Å². The first-order valence-electron chi connectivity index (χ1n) is 8.27. The standard InChI is InChI=1S/C18H27N3O2/c1-4-22-17-7-6-16(10-18(17)23-5-2)12-20-11-15(3)13-21-9-8-19-14-21/h6-10,14-15,20H,4-5,11-13H2,1-3H3. The first-order chi connectivity index (χ1) is 11.2. The summed E-state index contributed by atoms with van der Waals surface area (Å²) in [6, 6.07) is 6.13. The molecule has 1 N–H and O–H groups in total. The third kappa shape index (κ3) is 5.60. The Morgan fingerprint density at radius 3 is 2.65 bits per heavy atom. The molecule has 1 atom stereocenters. The summed E-state index contributed by atoms with van der Waals surface area (Å²) in [6.07, 6.45) is 5.67. The molecule has 0 aliphatic rings. The second-order valence-electron chi connectivity index (χ2n) is 5.64. The molecule has 5 nitrogen and oxygen atoms in total. The fourth-order valence-electron chi connectivity index (χ4n) is 2.49. The normalized spacial score (nSPS) is 12.1. The van der Waals surface area contributed by atoms with Gasteiger partial charge in [0.15, 0.2) is 11.5 Å². The first-order valence-corrected chi connectivity index (χ1v) is 8.27. The number of ether oxygens (including phenoxy) is 2. The molecule has 0 amide bonds. The number of benzene rings is 1. The van der Waals surface area contributed by atoms with Crippen LogP contribution in [0.15, 0.2) is 36.9 Å². The van der Waals surface area contributed by atoms with Crippen molar-refractivity contribution in [2.24, 2.45) is 5.92 Å². The van der Waals surface area contributed by atoms with Gasteiger partial charge in [0.1, 0.15) is 0 Å². The van der Waals surface area contributed by atoms with Crippen molar-refractivity contribution in [3.8, 4) is 11.5 Å². The Kier molecular flexibility index (Phi) is 6.94. The number of nitrogens with one attached hydrogen (secondary N) is 1. The van der Waals surface area contributed by atoms with E-state index in [0.717, 1.165) is 31.1 Å². The molecule has 0 aliphatic carbocycles. The Morgan fingerprint density at radius 1 is 1.17 bits per heavy atom. The van der Waals surface area contributed by atoms with E-state index in [1.165, 1.54) is 5.56 Å². The lowest BCUT2D eigenvalue weighted by molar-refractivity contribution is 0.287. The van der Waals surface area contributed by atoms with E-state index in [4.69, 9.17) is 9.47 Å². The van der Waals surface area contributed by atoms with Gasteiger partial charge in [-0.25, -0.2) is 4.98 Å². The molecule has 23 heavy (non-hydrogen) atoms. The fourth-order valence-corrected chi connectivity index (χ4v) is 2.49. The lowest BCUT2D eigenvalue weighted by Gasteiger charge is -2.15. The molecule has 0 bridgehead atoms. The molecule has 1 aromatic heterocycles. The topological polar surface area (TPSA) is 48.3 Å². The van der Waals surface area contributed by atoms with Crippen LogP contribution in [0.25, 0.3) is 0 Å². The van der Waals surface area contributed by atoms with Gasteiger partial charge in [-0.15, -0.1) is 0 Å². The predicted molar refractivity (Wildman–Crippen MR) is 91.9 cm³/mol. The van der Waals surface area contributed by atoms with Crippen LogP contribution in [0.2, 0.25) is 0 Å². The van der Waals surface area contributed by atoms with Gasteiger partial charge >= 0.3 is 0 Å². The van der Waals surface area contributed by atoms with Gasteiger partial charge in [0.05, 0.1) is 19.5 Å². The average Bonchev–Trinajstić information content (AvgIpc) is 3.03. The maximum absolute atomic E-state index is 5.66. The van der Waals surface area contributed by atoms with Gasteiger partial charge in [0.25, 0.3) is 0 Å². The summed E-state index contributed by atoms with van der Waals surface area (Å²) in [7, 11) is 0. The first kappa shape index (κ1) is 17.3. The SMILES string of the molecule is CCOc1ccc(CNCC(C)Cn2ccnc2)cc1OCC. The number of rotatable bonds is 10. The van der Waals surface area contributed by atoms with Gasteiger partial charge in [-0.05, 0) is 44.0 Å². The Morgan fingerprint density at radius 2 is 1.96 bits per heavy atom. The van der Waals surface area contributed by atoms with E-state index in [2.05, 4.69) is 33.9 Å². The van der Waals surface area contributed by atoms with E-state index in [9.17, 15) is 0 Å². The average molecular weight is 317 g/mol. The summed E-state index contributed by atoms with van der Waals surface area (Å²) in [5.41, 5.74) is 1.20. The highest BCUT2D eigenvalue weighted by molar-refractivity contribution is 5.43. The third-order valence-electron chi connectivity index (χ3n) is 3.51. The van der Waals surface area contributed by atoms with E-state index in [1.54, 1.807) is 0 Å². The van der Waals surface area contributed by atoms with E-state index in [0.29, 0.717) is 19.1 Å². The van der Waals surface area contributed by atoms with Crippen LogP contribution in [0.5, 0.6) is 11.5 Å². The van der Waals surface area contributed by atoms with Crippen molar-refractivity contribution in [3.05, 3.63) is 42.5 Å². The monoisotopic (exact) mass is 317 g/mol. The summed E-state index contributed by atoms with van der Waals surface area (Å²) in [5.74, 6) is 2.17. The number of aromatic nitrogens is 2. The van der Waals surface area contributed by atoms with Crippen molar-refractivity contribution < 1.29 is 9.47 Å². The Bertz CT molecular complexity index is 570. The molecule has 0 saturated heterocycles. The van der Waals surface area contributed by atoms with Crippen LogP contribution >= 0.6 is 0 Å². The maximum atomic E-state index is 5.66. The zero-order valence-electron chi connectivity index (χ0n) is 14.3. The van der Waals surface area contributed by atoms with Gasteiger partial charge in [-0.1, -0.05) is 13.0 Å². The minimum Gasteiger partial charge on any atom is -0.490 e. The van der Waals surface area contributed by atoms with Gasteiger partial charge in [0, 0.05) is 25.5 Å². The minimum atomic E-state index is 0.540. The van der Waals surface area contributed by atoms with Crippen LogP contribution < -0.4 is 14.8 Å². The lowest BCUT2D eigenvalue weighted by atomic mass is 10.1. The molecule has 1 aromatic carbocycles. The molecule has 0 aliphatic heterocycles. The van der Waals surface area contributed by atoms with Crippen molar-refractivity contribution in [1.29, 1.82) is 0 Å². The Labute approximate surface area is 138 Å². The van der Waals surface area contributed by atoms with Crippen LogP contribution in [0, 0.1) is 5.92 Å². The summed E-state index contributed by atoms with van der Waals surface area (Å²) >= 11 is 0. The quantitative estimate of drug-likeness (QED) is 0.731. The van der Waals surface area contributed by atoms with Gasteiger partial charge in [-0.2, -0.15) is 0 Å². The zero-order valence-corrected chi connectivity index (χ0v) is 14.3. The summed E-state index contributed by atoms with van der Waals surface area (Å²) in [4.78, 5) is 4.07. The molecule has 2 aromatic rings. The highest BCUT2D eigenvalue weighted by Crippen LogP contribution is 2.28.